The van der Waals surface area contributed by atoms with Gasteiger partial charge in [-0.2, -0.15) is 0 Å². The summed E-state index contributed by atoms with van der Waals surface area (Å²) in [7, 11) is 0. The number of ketones is 1. The topological polar surface area (TPSA) is 89.9 Å². The second-order valence-corrected chi connectivity index (χ2v) is 19.8. The Morgan fingerprint density at radius 1 is 0.732 bits per heavy atom. The molecule has 0 aromatic heterocycles. The largest absolute Gasteiger partial charge is 0.460 e. The molecule has 0 saturated heterocycles. The van der Waals surface area contributed by atoms with E-state index in [4.69, 9.17) is 9.47 Å². The second-order valence-electron chi connectivity index (χ2n) is 19.8. The third-order valence-electron chi connectivity index (χ3n) is 16.8. The minimum atomic E-state index is -1.12. The number of ether oxygens (including phenoxy) is 2. The van der Waals surface area contributed by atoms with Crippen LogP contribution in [-0.2, 0) is 30.5 Å². The molecule has 10 atom stereocenters. The first-order valence-corrected chi connectivity index (χ1v) is 21.1. The van der Waals surface area contributed by atoms with Crippen LogP contribution in [0.5, 0.6) is 0 Å². The predicted molar refractivity (Wildman–Crippen MR) is 217 cm³/mol. The number of allylic oxidation sites excluding steroid dienone is 2. The predicted octanol–water partition coefficient (Wildman–Crippen LogP) is 10.4. The van der Waals surface area contributed by atoms with Gasteiger partial charge in [-0.1, -0.05) is 124 Å². The lowest BCUT2D eigenvalue weighted by molar-refractivity contribution is -0.218. The average molecular weight is 757 g/mol. The molecule has 5 aliphatic carbocycles. The highest BCUT2D eigenvalue weighted by Crippen LogP contribution is 2.75. The van der Waals surface area contributed by atoms with Crippen molar-refractivity contribution in [2.45, 2.75) is 118 Å². The number of fused-ring (bicyclic) bond motifs is 7. The minimum absolute atomic E-state index is 0.0238. The first kappa shape index (κ1) is 38.8. The second kappa shape index (κ2) is 13.8. The molecular weight excluding hydrogens is 697 g/mol. The molecule has 296 valence electrons. The van der Waals surface area contributed by atoms with Crippen LogP contribution >= 0.6 is 0 Å². The summed E-state index contributed by atoms with van der Waals surface area (Å²) in [5.74, 6) is -0.829. The van der Waals surface area contributed by atoms with Gasteiger partial charge in [-0.15, -0.1) is 0 Å². The third kappa shape index (κ3) is 5.86. The molecule has 0 aliphatic heterocycles. The van der Waals surface area contributed by atoms with Crippen LogP contribution in [0.2, 0.25) is 0 Å². The molecule has 6 nitrogen and oxygen atoms in total. The SMILES string of the molecule is C[C@]1(C(=O)OC(c2ccccc2)c2ccccc2)CC[C@]2(C)CC[C@]3(C)C(=CC(=O)[C@@H]4[C@@]5(C)CC[C@H](O)[C@@](C)(C(=O)OCc6ccccc6)[C@@H]5CC[C@]43C)[C@@H]2C1. The molecule has 3 aromatic carbocycles. The molecule has 0 radical (unpaired) electrons. The van der Waals surface area contributed by atoms with Crippen LogP contribution in [0.3, 0.4) is 0 Å². The number of hydrogen-bond donors (Lipinski definition) is 1. The maximum Gasteiger partial charge on any atom is 0.315 e. The van der Waals surface area contributed by atoms with Gasteiger partial charge in [0.25, 0.3) is 0 Å². The van der Waals surface area contributed by atoms with E-state index in [1.165, 1.54) is 5.57 Å². The van der Waals surface area contributed by atoms with Gasteiger partial charge in [0.2, 0.25) is 0 Å². The number of rotatable bonds is 7. The molecule has 0 heterocycles. The van der Waals surface area contributed by atoms with Crippen molar-refractivity contribution in [3.63, 3.8) is 0 Å². The van der Waals surface area contributed by atoms with Crippen LogP contribution in [0.15, 0.2) is 103 Å². The highest BCUT2D eigenvalue weighted by molar-refractivity contribution is 5.96. The molecule has 0 unspecified atom stereocenters. The maximum atomic E-state index is 15.1. The Morgan fingerprint density at radius 3 is 1.95 bits per heavy atom. The van der Waals surface area contributed by atoms with Crippen LogP contribution < -0.4 is 0 Å². The molecular formula is C50H60O6. The Bertz CT molecular complexity index is 1970. The van der Waals surface area contributed by atoms with Crippen molar-refractivity contribution < 1.29 is 29.0 Å². The van der Waals surface area contributed by atoms with Gasteiger partial charge in [0.15, 0.2) is 11.9 Å². The lowest BCUT2D eigenvalue weighted by atomic mass is 9.33. The first-order valence-electron chi connectivity index (χ1n) is 21.1. The molecule has 3 aromatic rings. The standard InChI is InChI=1S/C50H60O6/c1-45-26-27-46(2,43(53)56-41(34-18-12-8-13-19-34)35-20-14-9-15-21-35)31-37(45)36-30-38(51)42-47(3)24-23-40(52)50(6,44(54)55-32-33-16-10-7-11-17-33)39(47)22-25-49(42,5)48(36,4)29-28-45/h7-21,30,37,39-42,52H,22-29,31-32H2,1-6H3/t37-,39+,40-,42+,45+,46-,47-,48+,49+,50-/m0/s1. The molecule has 1 N–H and O–H groups in total. The summed E-state index contributed by atoms with van der Waals surface area (Å²) >= 11 is 0. The fourth-order valence-corrected chi connectivity index (χ4v) is 13.0. The van der Waals surface area contributed by atoms with Crippen molar-refractivity contribution in [3.8, 4) is 0 Å². The quantitative estimate of drug-likeness (QED) is 0.242. The number of benzene rings is 3. The summed E-state index contributed by atoms with van der Waals surface area (Å²) in [6.45, 7) is 13.5. The Hall–Kier alpha value is -4.03. The van der Waals surface area contributed by atoms with Crippen LogP contribution in [0.1, 0.15) is 122 Å². The number of carbonyl (C=O) groups excluding carboxylic acids is 3. The monoisotopic (exact) mass is 756 g/mol. The summed E-state index contributed by atoms with van der Waals surface area (Å²) < 4.78 is 12.5. The van der Waals surface area contributed by atoms with Gasteiger partial charge in [-0.05, 0) is 128 Å². The van der Waals surface area contributed by atoms with E-state index in [1.807, 2.05) is 104 Å². The molecule has 8 rings (SSSR count). The van der Waals surface area contributed by atoms with Gasteiger partial charge in [-0.3, -0.25) is 14.4 Å². The summed E-state index contributed by atoms with van der Waals surface area (Å²) in [5, 5.41) is 11.6. The lowest BCUT2D eigenvalue weighted by Crippen LogP contribution is -2.68. The van der Waals surface area contributed by atoms with E-state index in [0.29, 0.717) is 19.3 Å². The molecule has 0 spiro atoms. The van der Waals surface area contributed by atoms with Crippen molar-refractivity contribution >= 4 is 17.7 Å². The van der Waals surface area contributed by atoms with E-state index in [9.17, 15) is 14.7 Å². The van der Waals surface area contributed by atoms with E-state index in [1.54, 1.807) is 0 Å². The summed E-state index contributed by atoms with van der Waals surface area (Å²) in [4.78, 5) is 43.7. The number of aliphatic hydroxyl groups is 1. The molecule has 56 heavy (non-hydrogen) atoms. The van der Waals surface area contributed by atoms with Crippen molar-refractivity contribution in [2.24, 2.45) is 50.2 Å². The lowest BCUT2D eigenvalue weighted by Gasteiger charge is -2.70. The van der Waals surface area contributed by atoms with Crippen molar-refractivity contribution in [3.05, 3.63) is 119 Å². The van der Waals surface area contributed by atoms with Crippen molar-refractivity contribution in [2.75, 3.05) is 0 Å². The van der Waals surface area contributed by atoms with E-state index < -0.39 is 28.5 Å². The zero-order valence-corrected chi connectivity index (χ0v) is 34.2. The van der Waals surface area contributed by atoms with E-state index in [0.717, 1.165) is 55.2 Å². The first-order chi connectivity index (χ1) is 26.6. The number of aliphatic hydroxyl groups excluding tert-OH is 1. The van der Waals surface area contributed by atoms with Gasteiger partial charge >= 0.3 is 11.9 Å². The average Bonchev–Trinajstić information content (AvgIpc) is 3.20. The number of esters is 2. The summed E-state index contributed by atoms with van der Waals surface area (Å²) in [6, 6.07) is 29.6. The van der Waals surface area contributed by atoms with Crippen molar-refractivity contribution in [1.29, 1.82) is 0 Å². The molecule has 5 aliphatic rings. The van der Waals surface area contributed by atoms with Gasteiger partial charge in [-0.25, -0.2) is 0 Å². The molecule has 4 saturated carbocycles. The third-order valence-corrected chi connectivity index (χ3v) is 16.8. The summed E-state index contributed by atoms with van der Waals surface area (Å²) in [5.41, 5.74) is 1.06. The van der Waals surface area contributed by atoms with Crippen LogP contribution in [-0.4, -0.2) is 28.9 Å². The van der Waals surface area contributed by atoms with Crippen LogP contribution in [0.4, 0.5) is 0 Å². The Balaban J connectivity index is 1.10. The molecule has 0 amide bonds. The highest BCUT2D eigenvalue weighted by Gasteiger charge is 2.72. The highest BCUT2D eigenvalue weighted by atomic mass is 16.5. The Morgan fingerprint density at radius 2 is 1.32 bits per heavy atom. The smallest absolute Gasteiger partial charge is 0.315 e. The maximum absolute atomic E-state index is 15.1. The fraction of sp³-hybridized carbons (Fsp3) is 0.540. The fourth-order valence-electron chi connectivity index (χ4n) is 13.0. The molecule has 4 fully saturated rings. The van der Waals surface area contributed by atoms with Crippen molar-refractivity contribution in [1.82, 2.24) is 0 Å². The molecule has 0 bridgehead atoms. The number of carbonyl (C=O) groups is 3. The van der Waals surface area contributed by atoms with E-state index >= 15 is 4.79 Å². The van der Waals surface area contributed by atoms with Crippen LogP contribution in [0.25, 0.3) is 0 Å². The Labute approximate surface area is 333 Å². The molecule has 6 heteroatoms. The van der Waals surface area contributed by atoms with E-state index in [-0.39, 0.29) is 58.3 Å². The number of hydrogen-bond acceptors (Lipinski definition) is 6. The Kier molecular flexibility index (Phi) is 9.58. The zero-order chi connectivity index (χ0) is 39.7. The normalized spacial score (nSPS) is 38.9. The van der Waals surface area contributed by atoms with Gasteiger partial charge < -0.3 is 14.6 Å². The van der Waals surface area contributed by atoms with E-state index in [2.05, 4.69) is 34.6 Å². The van der Waals surface area contributed by atoms with Gasteiger partial charge in [0.1, 0.15) is 6.61 Å². The van der Waals surface area contributed by atoms with Gasteiger partial charge in [0.05, 0.1) is 16.9 Å². The zero-order valence-electron chi connectivity index (χ0n) is 34.2. The summed E-state index contributed by atoms with van der Waals surface area (Å²) in [6.07, 6.45) is 7.61. The minimum Gasteiger partial charge on any atom is -0.460 e. The van der Waals surface area contributed by atoms with Gasteiger partial charge in [0, 0.05) is 5.92 Å². The van der Waals surface area contributed by atoms with Crippen LogP contribution in [0, 0.1) is 50.2 Å².